The van der Waals surface area contributed by atoms with Gasteiger partial charge in [-0.2, -0.15) is 0 Å². The van der Waals surface area contributed by atoms with Gasteiger partial charge in [-0.25, -0.2) is 4.79 Å². The second kappa shape index (κ2) is 6.47. The summed E-state index contributed by atoms with van der Waals surface area (Å²) in [6.07, 6.45) is 2.76. The molecule has 2 heterocycles. The first-order chi connectivity index (χ1) is 10.4. The predicted octanol–water partition coefficient (Wildman–Crippen LogP) is 2.98. The molecule has 0 spiro atoms. The van der Waals surface area contributed by atoms with Crippen molar-refractivity contribution in [1.82, 2.24) is 4.57 Å². The first-order valence-electron chi connectivity index (χ1n) is 6.96. The van der Waals surface area contributed by atoms with Gasteiger partial charge in [-0.15, -0.1) is 0 Å². The lowest BCUT2D eigenvalue weighted by atomic mass is 10.1. The van der Waals surface area contributed by atoms with E-state index in [1.165, 1.54) is 12.2 Å². The van der Waals surface area contributed by atoms with Crippen molar-refractivity contribution in [1.29, 1.82) is 0 Å². The largest absolute Gasteiger partial charge is 0.462 e. The number of esters is 1. The van der Waals surface area contributed by atoms with Crippen LogP contribution in [0.3, 0.4) is 0 Å². The van der Waals surface area contributed by atoms with Crippen LogP contribution in [0.25, 0.3) is 6.08 Å². The molecule has 0 aromatic carbocycles. The Bertz CT molecular complexity index is 734. The molecule has 2 rings (SSSR count). The van der Waals surface area contributed by atoms with Crippen molar-refractivity contribution in [2.75, 3.05) is 6.61 Å². The summed E-state index contributed by atoms with van der Waals surface area (Å²) in [6, 6.07) is 5.35. The van der Waals surface area contributed by atoms with Gasteiger partial charge in [0.2, 0.25) is 5.78 Å². The van der Waals surface area contributed by atoms with Gasteiger partial charge >= 0.3 is 5.97 Å². The van der Waals surface area contributed by atoms with Gasteiger partial charge in [0.15, 0.2) is 6.61 Å². The molecule has 0 atom stereocenters. The minimum Gasteiger partial charge on any atom is -0.462 e. The van der Waals surface area contributed by atoms with Crippen LogP contribution in [0.4, 0.5) is 0 Å². The molecule has 5 nitrogen and oxygen atoms in total. The molecule has 0 bridgehead atoms. The molecule has 0 saturated heterocycles. The highest BCUT2D eigenvalue weighted by atomic mass is 16.5. The fourth-order valence-corrected chi connectivity index (χ4v) is 2.09. The van der Waals surface area contributed by atoms with Crippen molar-refractivity contribution < 1.29 is 18.7 Å². The maximum absolute atomic E-state index is 12.1. The highest BCUT2D eigenvalue weighted by Crippen LogP contribution is 2.14. The lowest BCUT2D eigenvalue weighted by Gasteiger charge is -2.02. The smallest absolute Gasteiger partial charge is 0.331 e. The monoisotopic (exact) mass is 301 g/mol. The molecular formula is C17H19NO4. The van der Waals surface area contributed by atoms with Crippen LogP contribution in [0.1, 0.15) is 33.3 Å². The van der Waals surface area contributed by atoms with Gasteiger partial charge in [0.05, 0.1) is 0 Å². The third-order valence-electron chi connectivity index (χ3n) is 3.57. The zero-order valence-electron chi connectivity index (χ0n) is 13.2. The van der Waals surface area contributed by atoms with Crippen LogP contribution in [0, 0.1) is 20.8 Å². The van der Waals surface area contributed by atoms with Gasteiger partial charge in [-0.05, 0) is 45.0 Å². The van der Waals surface area contributed by atoms with Crippen molar-refractivity contribution in [3.63, 3.8) is 0 Å². The van der Waals surface area contributed by atoms with Crippen molar-refractivity contribution in [2.24, 2.45) is 7.05 Å². The number of aryl methyl sites for hydroxylation is 2. The second-order valence-electron chi connectivity index (χ2n) is 5.16. The molecule has 116 valence electrons. The van der Waals surface area contributed by atoms with Crippen LogP contribution in [0.2, 0.25) is 0 Å². The fraction of sp³-hybridized carbons (Fsp3) is 0.294. The van der Waals surface area contributed by atoms with E-state index in [1.807, 2.05) is 32.4 Å². The van der Waals surface area contributed by atoms with E-state index in [1.54, 1.807) is 18.2 Å². The molecule has 2 aromatic rings. The maximum Gasteiger partial charge on any atom is 0.331 e. The zero-order valence-corrected chi connectivity index (χ0v) is 13.2. The standard InChI is InChI=1S/C17H19NO4/c1-11-9-15(13(3)18(11)4)16(19)10-21-17(20)8-7-14-6-5-12(2)22-14/h5-9H,10H2,1-4H3. The van der Waals surface area contributed by atoms with Gasteiger partial charge in [0, 0.05) is 30.1 Å². The molecule has 22 heavy (non-hydrogen) atoms. The number of ether oxygens (including phenoxy) is 1. The molecule has 0 radical (unpaired) electrons. The summed E-state index contributed by atoms with van der Waals surface area (Å²) in [6.45, 7) is 5.33. The van der Waals surface area contributed by atoms with E-state index < -0.39 is 5.97 Å². The van der Waals surface area contributed by atoms with Crippen LogP contribution in [0.5, 0.6) is 0 Å². The summed E-state index contributed by atoms with van der Waals surface area (Å²) in [4.78, 5) is 23.7. The van der Waals surface area contributed by atoms with Crippen molar-refractivity contribution >= 4 is 17.8 Å². The second-order valence-corrected chi connectivity index (χ2v) is 5.16. The number of aromatic nitrogens is 1. The van der Waals surface area contributed by atoms with Gasteiger partial charge < -0.3 is 13.7 Å². The number of Topliss-reactive ketones (excluding diaryl/α,β-unsaturated/α-hetero) is 1. The van der Waals surface area contributed by atoms with Crippen molar-refractivity contribution in [3.05, 3.63) is 52.7 Å². The molecule has 0 aliphatic rings. The van der Waals surface area contributed by atoms with Crippen LogP contribution in [-0.4, -0.2) is 22.9 Å². The van der Waals surface area contributed by atoms with Crippen molar-refractivity contribution in [3.8, 4) is 0 Å². The number of nitrogens with zero attached hydrogens (tertiary/aromatic N) is 1. The van der Waals surface area contributed by atoms with E-state index >= 15 is 0 Å². The Morgan fingerprint density at radius 2 is 2.00 bits per heavy atom. The van der Waals surface area contributed by atoms with Gasteiger partial charge in [0.1, 0.15) is 11.5 Å². The van der Waals surface area contributed by atoms with Gasteiger partial charge in [-0.1, -0.05) is 0 Å². The van der Waals surface area contributed by atoms with Gasteiger partial charge in [-0.3, -0.25) is 4.79 Å². The van der Waals surface area contributed by atoms with E-state index in [9.17, 15) is 9.59 Å². The average Bonchev–Trinajstić information content (AvgIpc) is 3.01. The Hall–Kier alpha value is -2.56. The normalized spacial score (nSPS) is 11.1. The summed E-state index contributed by atoms with van der Waals surface area (Å²) in [5.41, 5.74) is 2.43. The fourth-order valence-electron chi connectivity index (χ4n) is 2.09. The molecular weight excluding hydrogens is 282 g/mol. The van der Waals surface area contributed by atoms with Gasteiger partial charge in [0.25, 0.3) is 0 Å². The van der Waals surface area contributed by atoms with Crippen molar-refractivity contribution in [2.45, 2.75) is 20.8 Å². The number of carbonyl (C=O) groups excluding carboxylic acids is 2. The SMILES string of the molecule is Cc1ccc(C=CC(=O)OCC(=O)c2cc(C)n(C)c2C)o1. The zero-order chi connectivity index (χ0) is 16.3. The Balaban J connectivity index is 1.92. The van der Waals surface area contributed by atoms with E-state index in [4.69, 9.17) is 9.15 Å². The molecule has 0 saturated carbocycles. The maximum atomic E-state index is 12.1. The molecule has 0 unspecified atom stereocenters. The van der Waals surface area contributed by atoms with Crippen LogP contribution >= 0.6 is 0 Å². The molecule has 0 fully saturated rings. The summed E-state index contributed by atoms with van der Waals surface area (Å²) in [5, 5.41) is 0. The molecule has 0 amide bonds. The van der Waals surface area contributed by atoms with E-state index in [0.29, 0.717) is 11.3 Å². The number of hydrogen-bond donors (Lipinski definition) is 0. The van der Waals surface area contributed by atoms with E-state index in [0.717, 1.165) is 17.1 Å². The molecule has 2 aromatic heterocycles. The highest BCUT2D eigenvalue weighted by Gasteiger charge is 2.15. The summed E-state index contributed by atoms with van der Waals surface area (Å²) >= 11 is 0. The van der Waals surface area contributed by atoms with Crippen LogP contribution in [0.15, 0.2) is 28.7 Å². The summed E-state index contributed by atoms with van der Waals surface area (Å²) in [5.74, 6) is 0.540. The van der Waals surface area contributed by atoms with Crippen LogP contribution in [-0.2, 0) is 16.6 Å². The quantitative estimate of drug-likeness (QED) is 0.484. The molecule has 0 aliphatic heterocycles. The number of ketones is 1. The minimum atomic E-state index is -0.576. The Kier molecular flexibility index (Phi) is 4.65. The van der Waals surface area contributed by atoms with E-state index in [2.05, 4.69) is 0 Å². The summed E-state index contributed by atoms with van der Waals surface area (Å²) in [7, 11) is 1.89. The third kappa shape index (κ3) is 3.55. The summed E-state index contributed by atoms with van der Waals surface area (Å²) < 4.78 is 12.2. The molecule has 0 aliphatic carbocycles. The first-order valence-corrected chi connectivity index (χ1v) is 6.96. The Morgan fingerprint density at radius 3 is 2.55 bits per heavy atom. The predicted molar refractivity (Wildman–Crippen MR) is 82.7 cm³/mol. The Morgan fingerprint density at radius 1 is 1.27 bits per heavy atom. The van der Waals surface area contributed by atoms with Crippen LogP contribution < -0.4 is 0 Å². The number of furan rings is 1. The number of rotatable bonds is 5. The Labute approximate surface area is 129 Å². The topological polar surface area (TPSA) is 61.4 Å². The number of hydrogen-bond acceptors (Lipinski definition) is 4. The molecule has 0 N–H and O–H groups in total. The van der Waals surface area contributed by atoms with E-state index in [-0.39, 0.29) is 12.4 Å². The number of carbonyl (C=O) groups is 2. The first kappa shape index (κ1) is 15.8. The minimum absolute atomic E-state index is 0.211. The third-order valence-corrected chi connectivity index (χ3v) is 3.57. The highest BCUT2D eigenvalue weighted by molar-refractivity contribution is 6.00. The lowest BCUT2D eigenvalue weighted by Crippen LogP contribution is -2.13. The average molecular weight is 301 g/mol. The molecule has 5 heteroatoms. The lowest BCUT2D eigenvalue weighted by molar-refractivity contribution is -0.136.